The maximum atomic E-state index is 5.55. The van der Waals surface area contributed by atoms with Gasteiger partial charge in [-0.25, -0.2) is 4.68 Å². The molecule has 2 aromatic heterocycles. The van der Waals surface area contributed by atoms with E-state index in [0.717, 1.165) is 23.6 Å². The number of para-hydroxylation sites is 1. The summed E-state index contributed by atoms with van der Waals surface area (Å²) in [4.78, 5) is 2.19. The van der Waals surface area contributed by atoms with Crippen molar-refractivity contribution in [3.05, 3.63) is 59.1 Å². The molecule has 0 radical (unpaired) electrons. The summed E-state index contributed by atoms with van der Waals surface area (Å²) in [5.74, 6) is 1.23. The normalized spacial score (nSPS) is 12.8. The average Bonchev–Trinajstić information content (AvgIpc) is 3.13. The molecular formula is C18H23N5O. The second-order valence-corrected chi connectivity index (χ2v) is 6.15. The lowest BCUT2D eigenvalue weighted by atomic mass is 10.1. The fourth-order valence-electron chi connectivity index (χ4n) is 2.78. The largest absolute Gasteiger partial charge is 0.424 e. The number of nitrogens with zero attached hydrogens (tertiary/aromatic N) is 5. The summed E-state index contributed by atoms with van der Waals surface area (Å²) in [6.07, 6.45) is 0. The van der Waals surface area contributed by atoms with Gasteiger partial charge in [-0.1, -0.05) is 18.2 Å². The minimum absolute atomic E-state index is 0.0464. The van der Waals surface area contributed by atoms with Gasteiger partial charge < -0.3 is 4.42 Å². The van der Waals surface area contributed by atoms with Gasteiger partial charge in [-0.2, -0.15) is 5.10 Å². The van der Waals surface area contributed by atoms with Crippen LogP contribution in [0.2, 0.25) is 0 Å². The number of hydrogen-bond donors (Lipinski definition) is 0. The van der Waals surface area contributed by atoms with Crippen LogP contribution in [0.15, 0.2) is 34.7 Å². The van der Waals surface area contributed by atoms with Crippen molar-refractivity contribution in [3.63, 3.8) is 0 Å². The van der Waals surface area contributed by atoms with Crippen molar-refractivity contribution in [2.45, 2.75) is 40.3 Å². The lowest BCUT2D eigenvalue weighted by molar-refractivity contribution is 0.214. The first-order chi connectivity index (χ1) is 11.5. The minimum Gasteiger partial charge on any atom is -0.424 e. The highest BCUT2D eigenvalue weighted by atomic mass is 16.4. The van der Waals surface area contributed by atoms with Crippen LogP contribution >= 0.6 is 0 Å². The van der Waals surface area contributed by atoms with Crippen LogP contribution in [0.25, 0.3) is 5.69 Å². The van der Waals surface area contributed by atoms with Gasteiger partial charge in [0.15, 0.2) is 0 Å². The Balaban J connectivity index is 1.84. The summed E-state index contributed by atoms with van der Waals surface area (Å²) in [6.45, 7) is 8.81. The van der Waals surface area contributed by atoms with E-state index in [1.807, 2.05) is 22.9 Å². The summed E-state index contributed by atoms with van der Waals surface area (Å²) in [7, 11) is 2.06. The Bertz CT molecular complexity index is 821. The van der Waals surface area contributed by atoms with E-state index in [4.69, 9.17) is 9.52 Å². The molecule has 0 bridgehead atoms. The molecular weight excluding hydrogens is 302 g/mol. The zero-order chi connectivity index (χ0) is 17.3. The van der Waals surface area contributed by atoms with Gasteiger partial charge >= 0.3 is 0 Å². The predicted molar refractivity (Wildman–Crippen MR) is 92.0 cm³/mol. The van der Waals surface area contributed by atoms with Gasteiger partial charge in [0.2, 0.25) is 11.8 Å². The highest BCUT2D eigenvalue weighted by Crippen LogP contribution is 2.23. The molecule has 0 saturated carbocycles. The van der Waals surface area contributed by atoms with E-state index in [9.17, 15) is 0 Å². The molecule has 0 fully saturated rings. The fourth-order valence-corrected chi connectivity index (χ4v) is 2.78. The molecule has 0 aliphatic heterocycles. The Labute approximate surface area is 142 Å². The third kappa shape index (κ3) is 3.10. The van der Waals surface area contributed by atoms with Crippen molar-refractivity contribution >= 4 is 0 Å². The monoisotopic (exact) mass is 325 g/mol. The van der Waals surface area contributed by atoms with E-state index >= 15 is 0 Å². The number of aromatic nitrogens is 4. The summed E-state index contributed by atoms with van der Waals surface area (Å²) < 4.78 is 7.55. The molecule has 24 heavy (non-hydrogen) atoms. The Morgan fingerprint density at radius 3 is 2.46 bits per heavy atom. The van der Waals surface area contributed by atoms with Gasteiger partial charge in [-0.15, -0.1) is 10.2 Å². The number of hydrogen-bond acceptors (Lipinski definition) is 5. The Morgan fingerprint density at radius 2 is 1.83 bits per heavy atom. The summed E-state index contributed by atoms with van der Waals surface area (Å²) >= 11 is 0. The first-order valence-electron chi connectivity index (χ1n) is 8.08. The van der Waals surface area contributed by atoms with Crippen molar-refractivity contribution < 1.29 is 4.42 Å². The zero-order valence-corrected chi connectivity index (χ0v) is 14.8. The molecule has 126 valence electrons. The first-order valence-corrected chi connectivity index (χ1v) is 8.08. The van der Waals surface area contributed by atoms with Gasteiger partial charge in [0.1, 0.15) is 0 Å². The third-order valence-electron chi connectivity index (χ3n) is 4.41. The maximum absolute atomic E-state index is 5.55. The molecule has 1 aromatic carbocycles. The smallest absolute Gasteiger partial charge is 0.233 e. The standard InChI is InChI=1S/C18H23N5O/c1-12-17(11-22(5)14(3)18-20-19-15(4)24-18)13(2)23(21-12)16-9-7-6-8-10-16/h6-10,14H,11H2,1-5H3. The highest BCUT2D eigenvalue weighted by molar-refractivity contribution is 5.36. The van der Waals surface area contributed by atoms with E-state index in [1.165, 1.54) is 5.56 Å². The van der Waals surface area contributed by atoms with Gasteiger partial charge in [-0.05, 0) is 40.0 Å². The van der Waals surface area contributed by atoms with Crippen LogP contribution in [0.3, 0.4) is 0 Å². The van der Waals surface area contributed by atoms with Crippen molar-refractivity contribution in [3.8, 4) is 5.69 Å². The van der Waals surface area contributed by atoms with Crippen LogP contribution in [-0.4, -0.2) is 31.9 Å². The molecule has 3 aromatic rings. The second kappa shape index (κ2) is 6.57. The number of benzene rings is 1. The predicted octanol–water partition coefficient (Wildman–Crippen LogP) is 3.37. The number of aryl methyl sites for hydroxylation is 2. The summed E-state index contributed by atoms with van der Waals surface area (Å²) in [5.41, 5.74) is 4.49. The first kappa shape index (κ1) is 16.4. The molecule has 6 heteroatoms. The number of rotatable bonds is 5. The molecule has 0 spiro atoms. The SMILES string of the molecule is Cc1nnc(C(C)N(C)Cc2c(C)nn(-c3ccccc3)c2C)o1. The Morgan fingerprint density at radius 1 is 1.12 bits per heavy atom. The van der Waals surface area contributed by atoms with Crippen LogP contribution in [0.4, 0.5) is 0 Å². The van der Waals surface area contributed by atoms with Crippen molar-refractivity contribution in [1.29, 1.82) is 0 Å². The average molecular weight is 325 g/mol. The van der Waals surface area contributed by atoms with Crippen LogP contribution in [-0.2, 0) is 6.54 Å². The summed E-state index contributed by atoms with van der Waals surface area (Å²) in [6, 6.07) is 10.2. The van der Waals surface area contributed by atoms with Crippen molar-refractivity contribution in [2.24, 2.45) is 0 Å². The molecule has 0 N–H and O–H groups in total. The molecule has 2 heterocycles. The van der Waals surface area contributed by atoms with Crippen LogP contribution in [0, 0.1) is 20.8 Å². The summed E-state index contributed by atoms with van der Waals surface area (Å²) in [5, 5.41) is 12.8. The maximum Gasteiger partial charge on any atom is 0.233 e. The molecule has 6 nitrogen and oxygen atoms in total. The molecule has 0 saturated heterocycles. The van der Waals surface area contributed by atoms with Crippen LogP contribution in [0.1, 0.15) is 41.7 Å². The highest BCUT2D eigenvalue weighted by Gasteiger charge is 2.21. The van der Waals surface area contributed by atoms with E-state index in [2.05, 4.69) is 55.0 Å². The van der Waals surface area contributed by atoms with Crippen LogP contribution in [0.5, 0.6) is 0 Å². The fraction of sp³-hybridized carbons (Fsp3) is 0.389. The lowest BCUT2D eigenvalue weighted by Crippen LogP contribution is -2.23. The molecule has 0 amide bonds. The molecule has 3 rings (SSSR count). The Hall–Kier alpha value is -2.47. The minimum atomic E-state index is 0.0464. The lowest BCUT2D eigenvalue weighted by Gasteiger charge is -2.22. The zero-order valence-electron chi connectivity index (χ0n) is 14.8. The second-order valence-electron chi connectivity index (χ2n) is 6.15. The molecule has 1 unspecified atom stereocenters. The quantitative estimate of drug-likeness (QED) is 0.720. The van der Waals surface area contributed by atoms with E-state index in [0.29, 0.717) is 11.8 Å². The van der Waals surface area contributed by atoms with E-state index < -0.39 is 0 Å². The Kier molecular flexibility index (Phi) is 4.49. The molecule has 0 aliphatic rings. The van der Waals surface area contributed by atoms with Crippen LogP contribution < -0.4 is 0 Å². The van der Waals surface area contributed by atoms with E-state index in [1.54, 1.807) is 6.92 Å². The van der Waals surface area contributed by atoms with Gasteiger partial charge in [-0.3, -0.25) is 4.90 Å². The molecule has 0 aliphatic carbocycles. The van der Waals surface area contributed by atoms with Gasteiger partial charge in [0.05, 0.1) is 17.4 Å². The molecule has 1 atom stereocenters. The van der Waals surface area contributed by atoms with Crippen molar-refractivity contribution in [1.82, 2.24) is 24.9 Å². The third-order valence-corrected chi connectivity index (χ3v) is 4.41. The van der Waals surface area contributed by atoms with Gasteiger partial charge in [0, 0.05) is 24.7 Å². The van der Waals surface area contributed by atoms with E-state index in [-0.39, 0.29) is 6.04 Å². The topological polar surface area (TPSA) is 60.0 Å². The van der Waals surface area contributed by atoms with Gasteiger partial charge in [0.25, 0.3) is 0 Å². The van der Waals surface area contributed by atoms with Crippen molar-refractivity contribution in [2.75, 3.05) is 7.05 Å².